The van der Waals surface area contributed by atoms with Crippen molar-refractivity contribution in [1.82, 2.24) is 25.4 Å². The van der Waals surface area contributed by atoms with Crippen molar-refractivity contribution in [1.29, 1.82) is 0 Å². The molecule has 230 valence electrons. The van der Waals surface area contributed by atoms with E-state index in [1.165, 1.54) is 10.9 Å². The molecule has 1 aliphatic rings. The molecule has 0 radical (unpaired) electrons. The Morgan fingerprint density at radius 3 is 2.40 bits per heavy atom. The van der Waals surface area contributed by atoms with Crippen molar-refractivity contribution < 1.29 is 33.4 Å². The number of rotatable bonds is 12. The smallest absolute Gasteiger partial charge is 0.326 e. The molecule has 12 heteroatoms. The second kappa shape index (κ2) is 12.8. The fourth-order valence-electron chi connectivity index (χ4n) is 4.55. The molecule has 1 aliphatic carbocycles. The molecule has 1 saturated carbocycles. The summed E-state index contributed by atoms with van der Waals surface area (Å²) in [6.45, 7) is 10.9. The van der Waals surface area contributed by atoms with Gasteiger partial charge in [-0.25, -0.2) is 9.78 Å². The molecule has 0 bridgehead atoms. The van der Waals surface area contributed by atoms with E-state index in [0.29, 0.717) is 28.4 Å². The van der Waals surface area contributed by atoms with Crippen LogP contribution in [0.4, 0.5) is 0 Å². The highest BCUT2D eigenvalue weighted by molar-refractivity contribution is 5.95. The van der Waals surface area contributed by atoms with E-state index in [1.807, 2.05) is 13.0 Å². The number of ether oxygens (including phenoxy) is 1. The zero-order valence-corrected chi connectivity index (χ0v) is 25.3. The van der Waals surface area contributed by atoms with Crippen LogP contribution in [0, 0.1) is 11.8 Å². The van der Waals surface area contributed by atoms with E-state index in [-0.39, 0.29) is 42.5 Å². The van der Waals surface area contributed by atoms with Crippen LogP contribution in [-0.2, 0) is 20.9 Å². The summed E-state index contributed by atoms with van der Waals surface area (Å²) in [6.07, 6.45) is 3.45. The highest BCUT2D eigenvalue weighted by Gasteiger charge is 2.30. The molecule has 12 nitrogen and oxygen atoms in total. The SMILES string of the molecule is CC(C)[C@H](NC(=O)c1cnc(-c2cccc(-c3cc(C(=O)N[C@@H](C)C4CC4)n(CCC(=O)OC(C)(C)C)n3)c2)o1)C(=O)O. The quantitative estimate of drug-likeness (QED) is 0.260. The normalized spacial score (nSPS) is 14.7. The molecule has 0 spiro atoms. The van der Waals surface area contributed by atoms with Gasteiger partial charge in [-0.2, -0.15) is 5.10 Å². The Bertz CT molecular complexity index is 1500. The number of oxazole rings is 1. The summed E-state index contributed by atoms with van der Waals surface area (Å²) in [7, 11) is 0. The minimum absolute atomic E-state index is 0.0243. The molecule has 0 unspecified atom stereocenters. The number of nitrogens with zero attached hydrogens (tertiary/aromatic N) is 3. The summed E-state index contributed by atoms with van der Waals surface area (Å²) in [5, 5.41) is 19.5. The summed E-state index contributed by atoms with van der Waals surface area (Å²) >= 11 is 0. The van der Waals surface area contributed by atoms with Crippen molar-refractivity contribution in [2.24, 2.45) is 11.8 Å². The van der Waals surface area contributed by atoms with E-state index in [9.17, 15) is 24.3 Å². The number of amides is 2. The zero-order valence-electron chi connectivity index (χ0n) is 25.3. The molecular formula is C31H39N5O7. The molecule has 4 rings (SSSR count). The second-order valence-electron chi connectivity index (χ2n) is 12.2. The van der Waals surface area contributed by atoms with Gasteiger partial charge in [-0.3, -0.25) is 19.1 Å². The number of hydrogen-bond donors (Lipinski definition) is 3. The molecule has 3 N–H and O–H groups in total. The summed E-state index contributed by atoms with van der Waals surface area (Å²) in [4.78, 5) is 54.0. The van der Waals surface area contributed by atoms with E-state index in [4.69, 9.17) is 9.15 Å². The predicted octanol–water partition coefficient (Wildman–Crippen LogP) is 4.30. The first kappa shape index (κ1) is 31.5. The monoisotopic (exact) mass is 593 g/mol. The van der Waals surface area contributed by atoms with Crippen LogP contribution in [0.2, 0.25) is 0 Å². The number of aryl methyl sites for hydroxylation is 1. The molecule has 0 saturated heterocycles. The first-order chi connectivity index (χ1) is 20.2. The number of hydrogen-bond acceptors (Lipinski definition) is 8. The lowest BCUT2D eigenvalue weighted by Gasteiger charge is -2.19. The number of aromatic nitrogens is 3. The molecule has 2 heterocycles. The Hall–Kier alpha value is -4.48. The highest BCUT2D eigenvalue weighted by Crippen LogP contribution is 2.32. The largest absolute Gasteiger partial charge is 0.480 e. The Kier molecular flexibility index (Phi) is 9.37. The van der Waals surface area contributed by atoms with Gasteiger partial charge in [0.25, 0.3) is 11.8 Å². The maximum atomic E-state index is 13.3. The fourth-order valence-corrected chi connectivity index (χ4v) is 4.55. The minimum Gasteiger partial charge on any atom is -0.480 e. The lowest BCUT2D eigenvalue weighted by atomic mass is 10.0. The van der Waals surface area contributed by atoms with Crippen molar-refractivity contribution in [3.63, 3.8) is 0 Å². The average molecular weight is 594 g/mol. The van der Waals surface area contributed by atoms with Crippen molar-refractivity contribution in [3.05, 3.63) is 48.0 Å². The first-order valence-corrected chi connectivity index (χ1v) is 14.4. The van der Waals surface area contributed by atoms with Gasteiger partial charge in [-0.15, -0.1) is 0 Å². The molecule has 2 atom stereocenters. The third kappa shape index (κ3) is 8.30. The number of benzene rings is 1. The van der Waals surface area contributed by atoms with Gasteiger partial charge >= 0.3 is 11.9 Å². The molecule has 3 aromatic rings. The number of nitrogens with one attached hydrogen (secondary N) is 2. The van der Waals surface area contributed by atoms with E-state index in [0.717, 1.165) is 12.8 Å². The standard InChI is InChI=1S/C31H39N5O7/c1-17(2)26(30(40)41)34-28(39)24-16-32-29(42-24)21-9-7-8-20(14-21)22-15-23(27(38)33-18(3)19-10-11-19)36(35-22)13-12-25(37)43-31(4,5)6/h7-9,14-19,26H,10-13H2,1-6H3,(H,33,38)(H,34,39)(H,40,41)/t18-,26-/m0/s1. The second-order valence-corrected chi connectivity index (χ2v) is 12.2. The molecular weight excluding hydrogens is 554 g/mol. The van der Waals surface area contributed by atoms with E-state index in [2.05, 4.69) is 20.7 Å². The number of carbonyl (C=O) groups excluding carboxylic acids is 3. The van der Waals surface area contributed by atoms with Gasteiger partial charge in [0, 0.05) is 17.2 Å². The van der Waals surface area contributed by atoms with Gasteiger partial charge < -0.3 is 24.9 Å². The van der Waals surface area contributed by atoms with E-state index in [1.54, 1.807) is 58.9 Å². The van der Waals surface area contributed by atoms with E-state index >= 15 is 0 Å². The number of carbonyl (C=O) groups is 4. The van der Waals surface area contributed by atoms with Crippen molar-refractivity contribution >= 4 is 23.8 Å². The lowest BCUT2D eigenvalue weighted by molar-refractivity contribution is -0.155. The summed E-state index contributed by atoms with van der Waals surface area (Å²) in [5.41, 5.74) is 1.41. The Balaban J connectivity index is 1.57. The van der Waals surface area contributed by atoms with Crippen LogP contribution in [0.3, 0.4) is 0 Å². The van der Waals surface area contributed by atoms with Crippen LogP contribution in [0.15, 0.2) is 40.9 Å². The van der Waals surface area contributed by atoms with E-state index < -0.39 is 29.5 Å². The third-order valence-electron chi connectivity index (χ3n) is 7.00. The van der Waals surface area contributed by atoms with Crippen LogP contribution < -0.4 is 10.6 Å². The van der Waals surface area contributed by atoms with Gasteiger partial charge in [0.1, 0.15) is 17.3 Å². The predicted molar refractivity (Wildman–Crippen MR) is 157 cm³/mol. The van der Waals surface area contributed by atoms with Crippen LogP contribution in [0.25, 0.3) is 22.7 Å². The summed E-state index contributed by atoms with van der Waals surface area (Å²) in [6, 6.07) is 7.71. The average Bonchev–Trinajstić information content (AvgIpc) is 3.50. The van der Waals surface area contributed by atoms with Crippen LogP contribution >= 0.6 is 0 Å². The Labute approximate surface area is 250 Å². The van der Waals surface area contributed by atoms with Crippen LogP contribution in [0.5, 0.6) is 0 Å². The number of aliphatic carboxylic acids is 1. The van der Waals surface area contributed by atoms with Gasteiger partial charge in [-0.05, 0) is 70.6 Å². The fraction of sp³-hybridized carbons (Fsp3) is 0.484. The van der Waals surface area contributed by atoms with Gasteiger partial charge in [0.05, 0.1) is 24.9 Å². The van der Waals surface area contributed by atoms with Crippen molar-refractivity contribution in [2.75, 3.05) is 0 Å². The summed E-state index contributed by atoms with van der Waals surface area (Å²) < 4.78 is 12.6. The Morgan fingerprint density at radius 1 is 1.07 bits per heavy atom. The number of esters is 1. The number of carboxylic acids is 1. The molecule has 43 heavy (non-hydrogen) atoms. The summed E-state index contributed by atoms with van der Waals surface area (Å²) in [5.74, 6) is -2.32. The maximum absolute atomic E-state index is 13.3. The highest BCUT2D eigenvalue weighted by atomic mass is 16.6. The van der Waals surface area contributed by atoms with Crippen LogP contribution in [-0.4, -0.2) is 61.3 Å². The first-order valence-electron chi connectivity index (χ1n) is 14.4. The van der Waals surface area contributed by atoms with Gasteiger partial charge in [-0.1, -0.05) is 26.0 Å². The third-order valence-corrected chi connectivity index (χ3v) is 7.00. The molecule has 1 aromatic carbocycles. The zero-order chi connectivity index (χ0) is 31.5. The van der Waals surface area contributed by atoms with Crippen molar-refractivity contribution in [2.45, 2.75) is 85.0 Å². The minimum atomic E-state index is -1.14. The van der Waals surface area contributed by atoms with Gasteiger partial charge in [0.2, 0.25) is 11.7 Å². The topological polar surface area (TPSA) is 166 Å². The number of carboxylic acid groups (broad SMARTS) is 1. The molecule has 0 aliphatic heterocycles. The van der Waals surface area contributed by atoms with Gasteiger partial charge in [0.15, 0.2) is 0 Å². The van der Waals surface area contributed by atoms with Crippen LogP contribution in [0.1, 0.15) is 81.8 Å². The lowest BCUT2D eigenvalue weighted by Crippen LogP contribution is -2.44. The van der Waals surface area contributed by atoms with Crippen molar-refractivity contribution in [3.8, 4) is 22.7 Å². The molecule has 2 amide bonds. The Morgan fingerprint density at radius 2 is 1.77 bits per heavy atom. The molecule has 2 aromatic heterocycles. The maximum Gasteiger partial charge on any atom is 0.326 e. The molecule has 1 fully saturated rings.